The summed E-state index contributed by atoms with van der Waals surface area (Å²) in [5, 5.41) is 2.83. The molecule has 0 amide bonds. The Labute approximate surface area is 67.3 Å². The summed E-state index contributed by atoms with van der Waals surface area (Å²) in [4.78, 5) is 10.1. The monoisotopic (exact) mass is 151 g/mol. The fourth-order valence-electron chi connectivity index (χ4n) is 0.580. The van der Waals surface area contributed by atoms with Crippen molar-refractivity contribution >= 4 is 0 Å². The third kappa shape index (κ3) is 4.25. The fourth-order valence-corrected chi connectivity index (χ4v) is 0.580. The quantitative estimate of drug-likeness (QED) is 0.448. The lowest BCUT2D eigenvalue weighted by Gasteiger charge is -1.92. The molecule has 0 radical (unpaired) electrons. The zero-order valence-corrected chi connectivity index (χ0v) is 7.00. The molecule has 0 rings (SSSR count). The van der Waals surface area contributed by atoms with Crippen LogP contribution in [0.5, 0.6) is 0 Å². The number of nitrogens with zero attached hydrogens (tertiary/aromatic N) is 1. The van der Waals surface area contributed by atoms with Gasteiger partial charge in [0.05, 0.1) is 0 Å². The molecule has 0 aliphatic heterocycles. The third-order valence-electron chi connectivity index (χ3n) is 1.35. The molecule has 0 N–H and O–H groups in total. The Kier molecular flexibility index (Phi) is 4.99. The highest BCUT2D eigenvalue weighted by molar-refractivity contribution is 5.24. The molecule has 0 aliphatic carbocycles. The van der Waals surface area contributed by atoms with Gasteiger partial charge in [-0.25, -0.2) is 0 Å². The molecular weight excluding hydrogens is 138 g/mol. The van der Waals surface area contributed by atoms with Crippen molar-refractivity contribution in [2.75, 3.05) is 0 Å². The molecule has 2 nitrogen and oxygen atoms in total. The number of hydrogen-bond donors (Lipinski definition) is 0. The highest BCUT2D eigenvalue weighted by Gasteiger charge is 1.89. The van der Waals surface area contributed by atoms with Gasteiger partial charge < -0.3 is 0 Å². The molecule has 0 aromatic carbocycles. The van der Waals surface area contributed by atoms with Crippen LogP contribution in [0.2, 0.25) is 0 Å². The minimum atomic E-state index is 0.430. The second-order valence-electron chi connectivity index (χ2n) is 2.26. The van der Waals surface area contributed by atoms with Crippen LogP contribution in [0.25, 0.3) is 0 Å². The molecule has 0 aromatic rings. The Morgan fingerprint density at radius 2 is 2.27 bits per heavy atom. The van der Waals surface area contributed by atoms with Gasteiger partial charge in [0.1, 0.15) is 5.70 Å². The van der Waals surface area contributed by atoms with E-state index in [0.29, 0.717) is 5.70 Å². The van der Waals surface area contributed by atoms with Gasteiger partial charge in [-0.05, 0) is 30.7 Å². The van der Waals surface area contributed by atoms with Crippen LogP contribution in [-0.2, 0) is 0 Å². The van der Waals surface area contributed by atoms with Crippen molar-refractivity contribution in [3.05, 3.63) is 41.0 Å². The molecule has 0 unspecified atom stereocenters. The average molecular weight is 151 g/mol. The smallest absolute Gasteiger partial charge is 0.107 e. The van der Waals surface area contributed by atoms with Crippen molar-refractivity contribution in [2.45, 2.75) is 20.3 Å². The van der Waals surface area contributed by atoms with E-state index in [1.165, 1.54) is 0 Å². The van der Waals surface area contributed by atoms with E-state index in [0.717, 1.165) is 12.0 Å². The minimum absolute atomic E-state index is 0.430. The Morgan fingerprint density at radius 3 is 2.64 bits per heavy atom. The maximum Gasteiger partial charge on any atom is 0.107 e. The van der Waals surface area contributed by atoms with E-state index in [9.17, 15) is 4.91 Å². The topological polar surface area (TPSA) is 29.4 Å². The number of rotatable bonds is 4. The largest absolute Gasteiger partial charge is 0.145 e. The van der Waals surface area contributed by atoms with E-state index in [-0.39, 0.29) is 0 Å². The van der Waals surface area contributed by atoms with Crippen LogP contribution in [0.4, 0.5) is 0 Å². The van der Waals surface area contributed by atoms with E-state index in [1.807, 2.05) is 13.8 Å². The van der Waals surface area contributed by atoms with Gasteiger partial charge in [0, 0.05) is 0 Å². The second-order valence-corrected chi connectivity index (χ2v) is 2.26. The van der Waals surface area contributed by atoms with Crippen molar-refractivity contribution in [3.63, 3.8) is 0 Å². The lowest BCUT2D eigenvalue weighted by atomic mass is 10.2. The minimum Gasteiger partial charge on any atom is -0.145 e. The van der Waals surface area contributed by atoms with E-state index >= 15 is 0 Å². The Hall–Kier alpha value is -1.18. The van der Waals surface area contributed by atoms with Crippen LogP contribution in [0.3, 0.4) is 0 Å². The lowest BCUT2D eigenvalue weighted by Crippen LogP contribution is -1.74. The summed E-state index contributed by atoms with van der Waals surface area (Å²) in [5.74, 6) is 0. The summed E-state index contributed by atoms with van der Waals surface area (Å²) >= 11 is 0. The molecular formula is C9H13NO. The van der Waals surface area contributed by atoms with E-state index in [2.05, 4.69) is 11.8 Å². The highest BCUT2D eigenvalue weighted by atomic mass is 16.3. The van der Waals surface area contributed by atoms with Crippen LogP contribution in [0, 0.1) is 4.91 Å². The van der Waals surface area contributed by atoms with Crippen molar-refractivity contribution in [3.8, 4) is 0 Å². The summed E-state index contributed by atoms with van der Waals surface area (Å²) in [5.41, 5.74) is 1.57. The van der Waals surface area contributed by atoms with Gasteiger partial charge in [0.15, 0.2) is 0 Å². The second kappa shape index (κ2) is 5.59. The van der Waals surface area contributed by atoms with Crippen LogP contribution in [0.1, 0.15) is 20.3 Å². The maximum absolute atomic E-state index is 10.1. The predicted octanol–water partition coefficient (Wildman–Crippen LogP) is 3.18. The van der Waals surface area contributed by atoms with Crippen LogP contribution in [-0.4, -0.2) is 0 Å². The first-order valence-corrected chi connectivity index (χ1v) is 3.57. The average Bonchev–Trinajstić information content (AvgIpc) is 2.03. The molecule has 0 saturated heterocycles. The van der Waals surface area contributed by atoms with Gasteiger partial charge in [-0.2, -0.15) is 0 Å². The van der Waals surface area contributed by atoms with Crippen molar-refractivity contribution in [1.82, 2.24) is 0 Å². The van der Waals surface area contributed by atoms with Crippen LogP contribution in [0.15, 0.2) is 41.3 Å². The fraction of sp³-hybridized carbons (Fsp3) is 0.333. The van der Waals surface area contributed by atoms with E-state index < -0.39 is 0 Å². The number of hydrogen-bond acceptors (Lipinski definition) is 2. The van der Waals surface area contributed by atoms with Gasteiger partial charge in [0.25, 0.3) is 0 Å². The summed E-state index contributed by atoms with van der Waals surface area (Å²) in [6, 6.07) is 0. The van der Waals surface area contributed by atoms with Gasteiger partial charge in [0.2, 0.25) is 0 Å². The molecule has 0 fully saturated rings. The van der Waals surface area contributed by atoms with Gasteiger partial charge in [-0.3, -0.25) is 0 Å². The Morgan fingerprint density at radius 1 is 1.64 bits per heavy atom. The zero-order chi connectivity index (χ0) is 8.69. The molecule has 0 aromatic heterocycles. The maximum atomic E-state index is 10.1. The van der Waals surface area contributed by atoms with Gasteiger partial charge >= 0.3 is 0 Å². The highest BCUT2D eigenvalue weighted by Crippen LogP contribution is 2.06. The predicted molar refractivity (Wildman–Crippen MR) is 48.1 cm³/mol. The Balaban J connectivity index is 4.41. The molecule has 0 bridgehead atoms. The standard InChI is InChI=1S/C9H13NO/c1-4-6-9(10-11)7-8(3)5-2/h4,6-7H,1,5H2,2-3H3/b8-7+,9-6+. The first-order valence-electron chi connectivity index (χ1n) is 3.57. The summed E-state index contributed by atoms with van der Waals surface area (Å²) in [6.45, 7) is 7.47. The number of nitroso groups, excluding NO2 is 1. The van der Waals surface area contributed by atoms with Gasteiger partial charge in [-0.1, -0.05) is 25.2 Å². The molecule has 11 heavy (non-hydrogen) atoms. The van der Waals surface area contributed by atoms with E-state index in [4.69, 9.17) is 0 Å². The van der Waals surface area contributed by atoms with Crippen LogP contribution >= 0.6 is 0 Å². The lowest BCUT2D eigenvalue weighted by molar-refractivity contribution is 1.09. The molecule has 2 heteroatoms. The zero-order valence-electron chi connectivity index (χ0n) is 7.00. The van der Waals surface area contributed by atoms with Crippen molar-refractivity contribution < 1.29 is 0 Å². The summed E-state index contributed by atoms with van der Waals surface area (Å²) in [6.07, 6.45) is 5.83. The molecule has 0 spiro atoms. The number of allylic oxidation sites excluding steroid dienone is 4. The molecule has 0 heterocycles. The van der Waals surface area contributed by atoms with Crippen molar-refractivity contribution in [1.29, 1.82) is 0 Å². The first-order chi connectivity index (χ1) is 5.24. The van der Waals surface area contributed by atoms with Crippen molar-refractivity contribution in [2.24, 2.45) is 5.18 Å². The normalized spacial score (nSPS) is 12.9. The molecule has 0 saturated carbocycles. The van der Waals surface area contributed by atoms with Crippen LogP contribution < -0.4 is 0 Å². The molecule has 60 valence electrons. The third-order valence-corrected chi connectivity index (χ3v) is 1.35. The first kappa shape index (κ1) is 9.82. The van der Waals surface area contributed by atoms with E-state index in [1.54, 1.807) is 18.2 Å². The molecule has 0 aliphatic rings. The summed E-state index contributed by atoms with van der Waals surface area (Å²) in [7, 11) is 0. The SMILES string of the molecule is C=C/C=C(\C=C(/C)CC)N=O. The van der Waals surface area contributed by atoms with Gasteiger partial charge in [-0.15, -0.1) is 4.91 Å². The Bertz CT molecular complexity index is 202. The molecule has 0 atom stereocenters. The summed E-state index contributed by atoms with van der Waals surface area (Å²) < 4.78 is 0.